The second kappa shape index (κ2) is 9.57. The van der Waals surface area contributed by atoms with Crippen LogP contribution in [0.1, 0.15) is 59.8 Å². The largest absolute Gasteiger partial charge is 0.379 e. The average Bonchev–Trinajstić information content (AvgIpc) is 2.42. The first-order valence-electron chi connectivity index (χ1n) is 8.20. The molecule has 0 heterocycles. The first-order valence-corrected chi connectivity index (χ1v) is 8.20. The van der Waals surface area contributed by atoms with Gasteiger partial charge in [-0.25, -0.2) is 0 Å². The molecule has 0 bridgehead atoms. The summed E-state index contributed by atoms with van der Waals surface area (Å²) >= 11 is 0. The van der Waals surface area contributed by atoms with E-state index in [1.54, 1.807) is 0 Å². The molecule has 0 spiro atoms. The molecule has 1 aliphatic rings. The van der Waals surface area contributed by atoms with Crippen LogP contribution in [0.25, 0.3) is 0 Å². The van der Waals surface area contributed by atoms with E-state index in [0.29, 0.717) is 25.2 Å². The molecule has 0 aliphatic heterocycles. The van der Waals surface area contributed by atoms with Gasteiger partial charge in [0.25, 0.3) is 0 Å². The van der Waals surface area contributed by atoms with Gasteiger partial charge in [0, 0.05) is 12.5 Å². The Morgan fingerprint density at radius 3 is 2.55 bits per heavy atom. The van der Waals surface area contributed by atoms with Gasteiger partial charge in [0.05, 0.1) is 19.3 Å². The molecule has 3 unspecified atom stereocenters. The van der Waals surface area contributed by atoms with Gasteiger partial charge in [-0.2, -0.15) is 0 Å². The summed E-state index contributed by atoms with van der Waals surface area (Å²) in [6.07, 6.45) is 6.28. The molecule has 1 saturated carbocycles. The zero-order valence-corrected chi connectivity index (χ0v) is 13.9. The number of hydrogen-bond acceptors (Lipinski definition) is 2. The summed E-state index contributed by atoms with van der Waals surface area (Å²) in [6.45, 7) is 15.2. The number of rotatable bonds is 9. The van der Waals surface area contributed by atoms with Gasteiger partial charge in [-0.05, 0) is 44.4 Å². The molecule has 1 fully saturated rings. The van der Waals surface area contributed by atoms with E-state index in [4.69, 9.17) is 9.47 Å². The molecule has 0 aromatic heterocycles. The maximum atomic E-state index is 6.07. The van der Waals surface area contributed by atoms with Gasteiger partial charge in [0.2, 0.25) is 0 Å². The van der Waals surface area contributed by atoms with Crippen molar-refractivity contribution in [2.24, 2.45) is 11.8 Å². The van der Waals surface area contributed by atoms with Crippen molar-refractivity contribution in [1.82, 2.24) is 0 Å². The maximum absolute atomic E-state index is 6.07. The molecule has 0 amide bonds. The van der Waals surface area contributed by atoms with E-state index in [9.17, 15) is 0 Å². The molecule has 1 rings (SSSR count). The zero-order chi connectivity index (χ0) is 15.0. The summed E-state index contributed by atoms with van der Waals surface area (Å²) in [7, 11) is 0. The average molecular weight is 281 g/mol. The van der Waals surface area contributed by atoms with Gasteiger partial charge < -0.3 is 9.47 Å². The third-order valence-corrected chi connectivity index (χ3v) is 4.52. The Morgan fingerprint density at radius 1 is 1.15 bits per heavy atom. The lowest BCUT2D eigenvalue weighted by atomic mass is 9.78. The summed E-state index contributed by atoms with van der Waals surface area (Å²) in [4.78, 5) is 0. The highest BCUT2D eigenvalue weighted by atomic mass is 16.5. The predicted molar refractivity (Wildman–Crippen MR) is 85.7 cm³/mol. The van der Waals surface area contributed by atoms with Crippen molar-refractivity contribution in [2.45, 2.75) is 65.9 Å². The van der Waals surface area contributed by atoms with Crippen LogP contribution in [0.15, 0.2) is 12.2 Å². The van der Waals surface area contributed by atoms with Crippen molar-refractivity contribution in [3.8, 4) is 0 Å². The molecule has 0 aromatic rings. The standard InChI is InChI=1S/C18H33O2/c1-6-15(4)9-10-19-11-12-20-18-13-16(5)7-8-17(18)14(2)3/h16-18H,2,6-13H2,1,3-5H3. The first-order chi connectivity index (χ1) is 9.54. The van der Waals surface area contributed by atoms with Gasteiger partial charge in [-0.15, -0.1) is 0 Å². The van der Waals surface area contributed by atoms with Crippen LogP contribution in [0.4, 0.5) is 0 Å². The summed E-state index contributed by atoms with van der Waals surface area (Å²) in [5.41, 5.74) is 1.27. The van der Waals surface area contributed by atoms with Gasteiger partial charge in [0.15, 0.2) is 0 Å². The Labute approximate surface area is 125 Å². The lowest BCUT2D eigenvalue weighted by Crippen LogP contribution is -2.32. The lowest BCUT2D eigenvalue weighted by Gasteiger charge is -2.35. The van der Waals surface area contributed by atoms with Crippen molar-refractivity contribution in [2.75, 3.05) is 19.8 Å². The molecule has 0 N–H and O–H groups in total. The highest BCUT2D eigenvalue weighted by Crippen LogP contribution is 2.34. The molecular weight excluding hydrogens is 248 g/mol. The quantitative estimate of drug-likeness (QED) is 0.446. The third kappa shape index (κ3) is 6.41. The lowest BCUT2D eigenvalue weighted by molar-refractivity contribution is -0.0384. The molecule has 2 nitrogen and oxygen atoms in total. The number of ether oxygens (including phenoxy) is 2. The Hall–Kier alpha value is -0.340. The minimum Gasteiger partial charge on any atom is -0.379 e. The first kappa shape index (κ1) is 17.7. The van der Waals surface area contributed by atoms with Gasteiger partial charge in [0.1, 0.15) is 0 Å². The Morgan fingerprint density at radius 2 is 1.90 bits per heavy atom. The Balaban J connectivity index is 2.16. The van der Waals surface area contributed by atoms with Crippen LogP contribution in [-0.2, 0) is 9.47 Å². The fourth-order valence-electron chi connectivity index (χ4n) is 2.86. The van der Waals surface area contributed by atoms with Gasteiger partial charge in [-0.3, -0.25) is 0 Å². The molecule has 2 heteroatoms. The summed E-state index contributed by atoms with van der Waals surface area (Å²) in [5, 5.41) is 0. The predicted octanol–water partition coefficient (Wildman–Crippen LogP) is 4.79. The van der Waals surface area contributed by atoms with Crippen LogP contribution in [0, 0.1) is 17.8 Å². The Kier molecular flexibility index (Phi) is 8.47. The van der Waals surface area contributed by atoms with Crippen LogP contribution in [0.3, 0.4) is 0 Å². The number of hydrogen-bond donors (Lipinski definition) is 0. The molecule has 20 heavy (non-hydrogen) atoms. The van der Waals surface area contributed by atoms with Crippen molar-refractivity contribution in [3.05, 3.63) is 18.1 Å². The normalized spacial score (nSPS) is 26.9. The topological polar surface area (TPSA) is 18.5 Å². The monoisotopic (exact) mass is 281 g/mol. The zero-order valence-electron chi connectivity index (χ0n) is 13.9. The minimum absolute atomic E-state index is 0.351. The van der Waals surface area contributed by atoms with Crippen LogP contribution in [0.2, 0.25) is 0 Å². The molecule has 1 aliphatic carbocycles. The van der Waals surface area contributed by atoms with Crippen LogP contribution in [0.5, 0.6) is 0 Å². The second-order valence-corrected chi connectivity index (χ2v) is 6.45. The van der Waals surface area contributed by atoms with Crippen LogP contribution >= 0.6 is 0 Å². The summed E-state index contributed by atoms with van der Waals surface area (Å²) in [5.74, 6) is 2.83. The van der Waals surface area contributed by atoms with E-state index in [2.05, 4.69) is 34.3 Å². The van der Waals surface area contributed by atoms with Gasteiger partial charge in [-0.1, -0.05) is 39.3 Å². The van der Waals surface area contributed by atoms with Crippen molar-refractivity contribution in [1.29, 1.82) is 0 Å². The third-order valence-electron chi connectivity index (χ3n) is 4.52. The fourth-order valence-corrected chi connectivity index (χ4v) is 2.86. The van der Waals surface area contributed by atoms with Crippen molar-refractivity contribution < 1.29 is 9.47 Å². The molecule has 0 saturated heterocycles. The minimum atomic E-state index is 0.351. The molecule has 117 valence electrons. The van der Waals surface area contributed by atoms with Crippen molar-refractivity contribution in [3.63, 3.8) is 0 Å². The highest BCUT2D eigenvalue weighted by Gasteiger charge is 2.29. The Bertz CT molecular complexity index is 275. The maximum Gasteiger partial charge on any atom is 0.0704 e. The molecule has 0 aromatic carbocycles. The van der Waals surface area contributed by atoms with E-state index >= 15 is 0 Å². The van der Waals surface area contributed by atoms with E-state index in [1.165, 1.54) is 30.8 Å². The molecular formula is C18H33O2. The van der Waals surface area contributed by atoms with E-state index in [-0.39, 0.29) is 0 Å². The van der Waals surface area contributed by atoms with Crippen LogP contribution in [-0.4, -0.2) is 25.9 Å². The summed E-state index contributed by atoms with van der Waals surface area (Å²) in [6, 6.07) is 0. The smallest absolute Gasteiger partial charge is 0.0704 e. The van der Waals surface area contributed by atoms with Crippen molar-refractivity contribution >= 4 is 0 Å². The molecule has 1 radical (unpaired) electrons. The van der Waals surface area contributed by atoms with E-state index < -0.39 is 0 Å². The molecule has 3 atom stereocenters. The van der Waals surface area contributed by atoms with Crippen LogP contribution < -0.4 is 0 Å². The SMILES string of the molecule is C=C(C)C1CCC(C)CC1OCCOCC[C](C)CC. The fraction of sp³-hybridized carbons (Fsp3) is 0.833. The summed E-state index contributed by atoms with van der Waals surface area (Å²) < 4.78 is 11.7. The van der Waals surface area contributed by atoms with Gasteiger partial charge >= 0.3 is 0 Å². The van der Waals surface area contributed by atoms with E-state index in [1.807, 2.05) is 0 Å². The second-order valence-electron chi connectivity index (χ2n) is 6.45. The highest BCUT2D eigenvalue weighted by molar-refractivity contribution is 5.02. The van der Waals surface area contributed by atoms with E-state index in [0.717, 1.165) is 25.4 Å².